The van der Waals surface area contributed by atoms with E-state index in [1.54, 1.807) is 18.2 Å². The van der Waals surface area contributed by atoms with Gasteiger partial charge in [0.05, 0.1) is 18.0 Å². The number of alkyl halides is 3. The Bertz CT molecular complexity index is 1350. The summed E-state index contributed by atoms with van der Waals surface area (Å²) < 4.78 is 38.5. The van der Waals surface area contributed by atoms with Crippen LogP contribution >= 0.6 is 0 Å². The molecule has 4 rings (SSSR count). The number of hydrogen-bond donors (Lipinski definition) is 2. The average molecular weight is 490 g/mol. The Hall–Kier alpha value is -4.46. The second-order valence-electron chi connectivity index (χ2n) is 8.12. The normalized spacial score (nSPS) is 12.1. The standard InChI is InChI=1S/C28H21F3N2O3/c29-28(30,31)23-12-10-20(11-13-23)22-14-15-32-25(16-22)27(36)33-24(17-26(34)35)21-8-6-19(7-9-21)18-4-2-1-3-5-18/h1-16,24H,17H2,(H,33,36)(H,34,35). The second kappa shape index (κ2) is 10.4. The molecule has 2 N–H and O–H groups in total. The lowest BCUT2D eigenvalue weighted by atomic mass is 9.99. The first kappa shape index (κ1) is 24.7. The Morgan fingerprint density at radius 3 is 2.00 bits per heavy atom. The Balaban J connectivity index is 1.54. The molecule has 182 valence electrons. The predicted octanol–water partition coefficient (Wildman–Crippen LogP) is 6.38. The van der Waals surface area contributed by atoms with Crippen LogP contribution in [0.5, 0.6) is 0 Å². The lowest BCUT2D eigenvalue weighted by Crippen LogP contribution is -2.30. The van der Waals surface area contributed by atoms with Crippen LogP contribution in [0.1, 0.15) is 34.1 Å². The van der Waals surface area contributed by atoms with E-state index in [2.05, 4.69) is 10.3 Å². The number of carboxylic acid groups (broad SMARTS) is 1. The smallest absolute Gasteiger partial charge is 0.416 e. The molecule has 1 atom stereocenters. The monoisotopic (exact) mass is 490 g/mol. The van der Waals surface area contributed by atoms with Crippen LogP contribution in [0, 0.1) is 0 Å². The summed E-state index contributed by atoms with van der Waals surface area (Å²) in [5.41, 5.74) is 2.81. The summed E-state index contributed by atoms with van der Waals surface area (Å²) in [4.78, 5) is 28.5. The van der Waals surface area contributed by atoms with Crippen LogP contribution in [0.15, 0.2) is 97.2 Å². The molecule has 1 aromatic heterocycles. The summed E-state index contributed by atoms with van der Waals surface area (Å²) in [5.74, 6) is -1.68. The highest BCUT2D eigenvalue weighted by Gasteiger charge is 2.30. The van der Waals surface area contributed by atoms with E-state index >= 15 is 0 Å². The van der Waals surface area contributed by atoms with Gasteiger partial charge in [0.25, 0.3) is 5.91 Å². The number of halogens is 3. The molecular formula is C28H21F3N2O3. The first-order chi connectivity index (χ1) is 17.2. The van der Waals surface area contributed by atoms with Crippen molar-refractivity contribution >= 4 is 11.9 Å². The quantitative estimate of drug-likeness (QED) is 0.315. The number of hydrogen-bond acceptors (Lipinski definition) is 3. The fourth-order valence-corrected chi connectivity index (χ4v) is 3.78. The highest BCUT2D eigenvalue weighted by Crippen LogP contribution is 2.31. The predicted molar refractivity (Wildman–Crippen MR) is 129 cm³/mol. The molecule has 4 aromatic rings. The number of pyridine rings is 1. The molecule has 0 saturated carbocycles. The van der Waals surface area contributed by atoms with Gasteiger partial charge in [-0.1, -0.05) is 66.7 Å². The van der Waals surface area contributed by atoms with E-state index in [0.29, 0.717) is 16.7 Å². The topological polar surface area (TPSA) is 79.3 Å². The third kappa shape index (κ3) is 5.96. The van der Waals surface area contributed by atoms with Gasteiger partial charge in [-0.3, -0.25) is 14.6 Å². The summed E-state index contributed by atoms with van der Waals surface area (Å²) in [7, 11) is 0. The number of rotatable bonds is 7. The van der Waals surface area contributed by atoms with Gasteiger partial charge in [-0.05, 0) is 52.1 Å². The van der Waals surface area contributed by atoms with E-state index in [9.17, 15) is 27.9 Å². The van der Waals surface area contributed by atoms with Crippen LogP contribution in [0.3, 0.4) is 0 Å². The van der Waals surface area contributed by atoms with Crippen molar-refractivity contribution in [1.82, 2.24) is 10.3 Å². The van der Waals surface area contributed by atoms with E-state index in [4.69, 9.17) is 0 Å². The molecule has 0 aliphatic rings. The van der Waals surface area contributed by atoms with Crippen molar-refractivity contribution in [3.8, 4) is 22.3 Å². The van der Waals surface area contributed by atoms with Crippen LogP contribution in [-0.2, 0) is 11.0 Å². The minimum atomic E-state index is -4.44. The minimum Gasteiger partial charge on any atom is -0.481 e. The first-order valence-corrected chi connectivity index (χ1v) is 11.0. The van der Waals surface area contributed by atoms with Crippen LogP contribution in [0.4, 0.5) is 13.2 Å². The zero-order valence-electron chi connectivity index (χ0n) is 18.9. The maximum absolute atomic E-state index is 13.0. The SMILES string of the molecule is O=C(O)CC(NC(=O)c1cc(-c2ccc(C(F)(F)F)cc2)ccn1)c1ccc(-c2ccccc2)cc1. The van der Waals surface area contributed by atoms with Gasteiger partial charge in [-0.2, -0.15) is 13.2 Å². The van der Waals surface area contributed by atoms with Gasteiger partial charge in [0.1, 0.15) is 5.69 Å². The maximum Gasteiger partial charge on any atom is 0.416 e. The molecule has 0 saturated heterocycles. The lowest BCUT2D eigenvalue weighted by molar-refractivity contribution is -0.138. The van der Waals surface area contributed by atoms with Crippen molar-refractivity contribution in [3.05, 3.63) is 114 Å². The fourth-order valence-electron chi connectivity index (χ4n) is 3.78. The fraction of sp³-hybridized carbons (Fsp3) is 0.107. The number of carbonyl (C=O) groups excluding carboxylic acids is 1. The highest BCUT2D eigenvalue weighted by atomic mass is 19.4. The van der Waals surface area contributed by atoms with Crippen LogP contribution in [0.2, 0.25) is 0 Å². The Kier molecular flexibility index (Phi) is 7.15. The van der Waals surface area contributed by atoms with Gasteiger partial charge in [0.2, 0.25) is 0 Å². The maximum atomic E-state index is 13.0. The van der Waals surface area contributed by atoms with E-state index < -0.39 is 29.7 Å². The molecule has 5 nitrogen and oxygen atoms in total. The van der Waals surface area contributed by atoms with Crippen molar-refractivity contribution in [3.63, 3.8) is 0 Å². The number of benzene rings is 3. The Morgan fingerprint density at radius 1 is 0.806 bits per heavy atom. The zero-order chi connectivity index (χ0) is 25.7. The third-order valence-corrected chi connectivity index (χ3v) is 5.64. The van der Waals surface area contributed by atoms with Crippen molar-refractivity contribution < 1.29 is 27.9 Å². The van der Waals surface area contributed by atoms with Gasteiger partial charge in [-0.15, -0.1) is 0 Å². The van der Waals surface area contributed by atoms with Gasteiger partial charge >= 0.3 is 12.1 Å². The number of aliphatic carboxylic acids is 1. The minimum absolute atomic E-state index is 0.0173. The van der Waals surface area contributed by atoms with Gasteiger partial charge in [0, 0.05) is 6.20 Å². The molecule has 1 amide bonds. The number of amides is 1. The number of aromatic nitrogens is 1. The summed E-state index contributed by atoms with van der Waals surface area (Å²) >= 11 is 0. The van der Waals surface area contributed by atoms with E-state index in [1.165, 1.54) is 24.4 Å². The summed E-state index contributed by atoms with van der Waals surface area (Å²) in [6, 6.07) is 23.7. The molecular weight excluding hydrogens is 469 g/mol. The number of nitrogens with one attached hydrogen (secondary N) is 1. The second-order valence-corrected chi connectivity index (χ2v) is 8.12. The molecule has 0 spiro atoms. The van der Waals surface area contributed by atoms with E-state index in [0.717, 1.165) is 23.3 Å². The molecule has 0 fully saturated rings. The molecule has 1 heterocycles. The largest absolute Gasteiger partial charge is 0.481 e. The Morgan fingerprint density at radius 2 is 1.39 bits per heavy atom. The summed E-state index contributed by atoms with van der Waals surface area (Å²) in [6.45, 7) is 0. The summed E-state index contributed by atoms with van der Waals surface area (Å²) in [6.07, 6.45) is -3.40. The van der Waals surface area contributed by atoms with E-state index in [1.807, 2.05) is 42.5 Å². The van der Waals surface area contributed by atoms with Gasteiger partial charge < -0.3 is 10.4 Å². The number of carbonyl (C=O) groups is 2. The molecule has 0 aliphatic carbocycles. The highest BCUT2D eigenvalue weighted by molar-refractivity contribution is 5.94. The van der Waals surface area contributed by atoms with Crippen molar-refractivity contribution in [2.75, 3.05) is 0 Å². The van der Waals surface area contributed by atoms with Crippen LogP contribution < -0.4 is 5.32 Å². The molecule has 0 aliphatic heterocycles. The first-order valence-electron chi connectivity index (χ1n) is 11.0. The Labute approximate surface area is 205 Å². The van der Waals surface area contributed by atoms with E-state index in [-0.39, 0.29) is 12.1 Å². The molecule has 0 radical (unpaired) electrons. The molecule has 0 bridgehead atoms. The molecule has 36 heavy (non-hydrogen) atoms. The molecule has 1 unspecified atom stereocenters. The summed E-state index contributed by atoms with van der Waals surface area (Å²) in [5, 5.41) is 12.1. The van der Waals surface area contributed by atoms with Crippen molar-refractivity contribution in [2.45, 2.75) is 18.6 Å². The number of carboxylic acids is 1. The molecule has 8 heteroatoms. The zero-order valence-corrected chi connectivity index (χ0v) is 18.9. The van der Waals surface area contributed by atoms with Gasteiger partial charge in [-0.25, -0.2) is 0 Å². The van der Waals surface area contributed by atoms with Crippen LogP contribution in [0.25, 0.3) is 22.3 Å². The number of nitrogens with zero attached hydrogens (tertiary/aromatic N) is 1. The average Bonchev–Trinajstić information content (AvgIpc) is 2.88. The van der Waals surface area contributed by atoms with Crippen molar-refractivity contribution in [1.29, 1.82) is 0 Å². The molecule has 3 aromatic carbocycles. The van der Waals surface area contributed by atoms with Gasteiger partial charge in [0.15, 0.2) is 0 Å². The van der Waals surface area contributed by atoms with Crippen molar-refractivity contribution in [2.24, 2.45) is 0 Å². The van der Waals surface area contributed by atoms with Crippen LogP contribution in [-0.4, -0.2) is 22.0 Å². The third-order valence-electron chi connectivity index (χ3n) is 5.64. The lowest BCUT2D eigenvalue weighted by Gasteiger charge is -2.18.